The minimum Gasteiger partial charge on any atom is -0.444 e. The molecule has 0 aliphatic carbocycles. The summed E-state index contributed by atoms with van der Waals surface area (Å²) < 4.78 is 16.1. The Labute approximate surface area is 234 Å². The van der Waals surface area contributed by atoms with Gasteiger partial charge in [-0.3, -0.25) is 9.36 Å². The highest BCUT2D eigenvalue weighted by atomic mass is 127. The van der Waals surface area contributed by atoms with Crippen molar-refractivity contribution in [3.63, 3.8) is 0 Å². The minimum atomic E-state index is -1.18. The van der Waals surface area contributed by atoms with E-state index in [1.807, 2.05) is 38.6 Å². The van der Waals surface area contributed by atoms with Gasteiger partial charge in [-0.05, 0) is 82.0 Å². The number of rotatable bonds is 7. The lowest BCUT2D eigenvalue weighted by molar-refractivity contribution is 0.0437. The molecular formula is C26H42IN5O4Si. The molecule has 0 aromatic carbocycles. The van der Waals surface area contributed by atoms with Gasteiger partial charge in [0.1, 0.15) is 12.3 Å². The molecule has 206 valence electrons. The number of anilines is 1. The molecule has 11 heteroatoms. The van der Waals surface area contributed by atoms with Crippen LogP contribution in [0.3, 0.4) is 0 Å². The van der Waals surface area contributed by atoms with Gasteiger partial charge in [0.15, 0.2) is 5.65 Å². The number of fused-ring (bicyclic) bond motifs is 3. The monoisotopic (exact) mass is 643 g/mol. The van der Waals surface area contributed by atoms with Crippen molar-refractivity contribution in [3.8, 4) is 0 Å². The maximum atomic E-state index is 13.5. The average Bonchev–Trinajstić information content (AvgIpc) is 3.19. The van der Waals surface area contributed by atoms with Crippen LogP contribution in [0.2, 0.25) is 25.7 Å². The summed E-state index contributed by atoms with van der Waals surface area (Å²) in [6, 6.07) is 1.46. The Hall–Kier alpha value is -1.60. The predicted molar refractivity (Wildman–Crippen MR) is 158 cm³/mol. The van der Waals surface area contributed by atoms with E-state index in [0.29, 0.717) is 30.3 Å². The number of ether oxygens (including phenoxy) is 2. The molecule has 9 nitrogen and oxygen atoms in total. The molecule has 2 aliphatic heterocycles. The van der Waals surface area contributed by atoms with E-state index >= 15 is 0 Å². The summed E-state index contributed by atoms with van der Waals surface area (Å²) in [4.78, 5) is 33.4. The third kappa shape index (κ3) is 6.35. The number of piperidine rings is 1. The molecule has 37 heavy (non-hydrogen) atoms. The minimum absolute atomic E-state index is 0.0372. The van der Waals surface area contributed by atoms with Gasteiger partial charge in [-0.25, -0.2) is 4.79 Å². The van der Waals surface area contributed by atoms with E-state index in [2.05, 4.69) is 59.4 Å². The highest BCUT2D eigenvalue weighted by Gasteiger charge is 2.48. The van der Waals surface area contributed by atoms with E-state index in [-0.39, 0.29) is 29.3 Å². The number of nitrogens with one attached hydrogen (secondary N) is 1. The second-order valence-corrected chi connectivity index (χ2v) is 19.9. The number of alkyl carbamates (subject to hydrolysis) is 1. The van der Waals surface area contributed by atoms with Gasteiger partial charge in [-0.2, -0.15) is 4.98 Å². The first-order valence-electron chi connectivity index (χ1n) is 13.2. The molecule has 2 saturated heterocycles. The zero-order valence-corrected chi connectivity index (χ0v) is 26.6. The summed E-state index contributed by atoms with van der Waals surface area (Å²) >= 11 is 2.22. The van der Waals surface area contributed by atoms with Gasteiger partial charge in [0.05, 0.1) is 5.39 Å². The van der Waals surface area contributed by atoms with Crippen LogP contribution in [0.5, 0.6) is 0 Å². The number of halogens is 1. The van der Waals surface area contributed by atoms with Gasteiger partial charge in [0.25, 0.3) is 5.56 Å². The van der Waals surface area contributed by atoms with Crippen molar-refractivity contribution in [1.82, 2.24) is 19.4 Å². The topological polar surface area (TPSA) is 90.6 Å². The van der Waals surface area contributed by atoms with Crippen LogP contribution in [0.4, 0.5) is 10.7 Å². The Balaban J connectivity index is 1.58. The standard InChI is InChI=1S/C26H42IN5O4Si/c1-25(2,3)36-24(34)29-26(4)13-17-9-10-18(14-26)32(17)23-28-21-20(22(33)30(23)5)19(27)15-31(21)16-35-11-12-37(6,7)8/h15,17-18H,9-14,16H2,1-8H3,(H,29,34)/t17-,18+,26?. The zero-order chi connectivity index (χ0) is 27.3. The van der Waals surface area contributed by atoms with Crippen molar-refractivity contribution in [1.29, 1.82) is 0 Å². The molecule has 0 radical (unpaired) electrons. The van der Waals surface area contributed by atoms with Crippen LogP contribution >= 0.6 is 22.6 Å². The summed E-state index contributed by atoms with van der Waals surface area (Å²) in [5, 5.41) is 3.78. The van der Waals surface area contributed by atoms with E-state index in [4.69, 9.17) is 14.5 Å². The number of aromatic nitrogens is 3. The lowest BCUT2D eigenvalue weighted by atomic mass is 9.84. The van der Waals surface area contributed by atoms with Crippen molar-refractivity contribution < 1.29 is 14.3 Å². The molecule has 2 aromatic heterocycles. The maximum absolute atomic E-state index is 13.5. The molecule has 1 unspecified atom stereocenters. The highest BCUT2D eigenvalue weighted by Crippen LogP contribution is 2.43. The second kappa shape index (κ2) is 10.2. The van der Waals surface area contributed by atoms with Gasteiger partial charge in [0, 0.05) is 49.1 Å². The Morgan fingerprint density at radius 3 is 2.43 bits per heavy atom. The Kier molecular flexibility index (Phi) is 7.81. The molecule has 4 rings (SSSR count). The summed E-state index contributed by atoms with van der Waals surface area (Å²) in [6.45, 7) is 15.8. The number of carbonyl (C=O) groups is 1. The zero-order valence-electron chi connectivity index (χ0n) is 23.5. The highest BCUT2D eigenvalue weighted by molar-refractivity contribution is 14.1. The fraction of sp³-hybridized carbons (Fsp3) is 0.731. The molecule has 0 saturated carbocycles. The average molecular weight is 644 g/mol. The fourth-order valence-electron chi connectivity index (χ4n) is 5.59. The molecular weight excluding hydrogens is 601 g/mol. The van der Waals surface area contributed by atoms with E-state index in [0.717, 1.165) is 35.3 Å². The largest absolute Gasteiger partial charge is 0.444 e. The molecule has 2 aliphatic rings. The van der Waals surface area contributed by atoms with Crippen molar-refractivity contribution in [2.24, 2.45) is 7.05 Å². The summed E-state index contributed by atoms with van der Waals surface area (Å²) in [5.41, 5.74) is -0.268. The molecule has 2 fully saturated rings. The predicted octanol–water partition coefficient (Wildman–Crippen LogP) is 5.07. The number of nitrogens with zero attached hydrogens (tertiary/aromatic N) is 4. The third-order valence-corrected chi connectivity index (χ3v) is 9.80. The van der Waals surface area contributed by atoms with E-state index in [1.54, 1.807) is 4.57 Å². The third-order valence-electron chi connectivity index (χ3n) is 7.28. The Morgan fingerprint density at radius 2 is 1.86 bits per heavy atom. The van der Waals surface area contributed by atoms with E-state index in [1.165, 1.54) is 0 Å². The smallest absolute Gasteiger partial charge is 0.408 e. The Morgan fingerprint density at radius 1 is 1.24 bits per heavy atom. The van der Waals surface area contributed by atoms with Crippen LogP contribution in [-0.2, 0) is 23.3 Å². The Bertz CT molecular complexity index is 1210. The van der Waals surface area contributed by atoms with Gasteiger partial charge >= 0.3 is 6.09 Å². The first-order chi connectivity index (χ1) is 17.1. The number of amides is 1. The summed E-state index contributed by atoms with van der Waals surface area (Å²) in [7, 11) is 0.634. The lowest BCUT2D eigenvalue weighted by Crippen LogP contribution is -2.59. The van der Waals surface area contributed by atoms with Crippen LogP contribution in [-0.4, -0.2) is 58.1 Å². The first kappa shape index (κ1) is 28.4. The molecule has 2 bridgehead atoms. The number of hydrogen-bond donors (Lipinski definition) is 1. The number of carbonyl (C=O) groups excluding carboxylic acids is 1. The number of hydrogen-bond acceptors (Lipinski definition) is 6. The van der Waals surface area contributed by atoms with Crippen LogP contribution in [0.1, 0.15) is 53.4 Å². The van der Waals surface area contributed by atoms with Crippen molar-refractivity contribution in [2.45, 2.75) is 109 Å². The van der Waals surface area contributed by atoms with Gasteiger partial charge in [-0.15, -0.1) is 0 Å². The van der Waals surface area contributed by atoms with Gasteiger partial charge in [0.2, 0.25) is 5.95 Å². The fourth-order valence-corrected chi connectivity index (χ4v) is 7.16. The van der Waals surface area contributed by atoms with Crippen LogP contribution in [0.15, 0.2) is 11.0 Å². The molecule has 2 aromatic rings. The molecule has 0 spiro atoms. The molecule has 4 heterocycles. The van der Waals surface area contributed by atoms with E-state index in [9.17, 15) is 9.59 Å². The van der Waals surface area contributed by atoms with Crippen LogP contribution in [0.25, 0.3) is 11.0 Å². The van der Waals surface area contributed by atoms with Gasteiger partial charge in [-0.1, -0.05) is 19.6 Å². The van der Waals surface area contributed by atoms with Crippen molar-refractivity contribution >= 4 is 53.7 Å². The normalized spacial score (nSPS) is 24.1. The molecule has 3 atom stereocenters. The second-order valence-electron chi connectivity index (χ2n) is 13.2. The van der Waals surface area contributed by atoms with Crippen molar-refractivity contribution in [2.75, 3.05) is 11.5 Å². The molecule has 1 N–H and O–H groups in total. The van der Waals surface area contributed by atoms with Crippen molar-refractivity contribution in [3.05, 3.63) is 20.1 Å². The quantitative estimate of drug-likeness (QED) is 0.258. The maximum Gasteiger partial charge on any atom is 0.408 e. The van der Waals surface area contributed by atoms with Crippen LogP contribution in [0, 0.1) is 3.57 Å². The summed E-state index contributed by atoms with van der Waals surface area (Å²) in [6.07, 6.45) is 5.14. The first-order valence-corrected chi connectivity index (χ1v) is 18.0. The van der Waals surface area contributed by atoms with Gasteiger partial charge < -0.3 is 24.3 Å². The van der Waals surface area contributed by atoms with E-state index < -0.39 is 13.7 Å². The van der Waals surface area contributed by atoms with Crippen LogP contribution < -0.4 is 15.8 Å². The molecule has 1 amide bonds. The SMILES string of the molecule is Cn1c(N2[C@@H]3CC[C@H]2CC(C)(NC(=O)OC(C)(C)C)C3)nc2c(c(I)cn2COCC[Si](C)(C)C)c1=O. The summed E-state index contributed by atoms with van der Waals surface area (Å²) in [5.74, 6) is 0.696. The lowest BCUT2D eigenvalue weighted by Gasteiger charge is -2.45.